The van der Waals surface area contributed by atoms with Crippen LogP contribution in [0.15, 0.2) is 84.9 Å². The first-order valence-electron chi connectivity index (χ1n) is 9.26. The van der Waals surface area contributed by atoms with Gasteiger partial charge in [0.15, 0.2) is 0 Å². The minimum atomic E-state index is -0.379. The molecule has 0 bridgehead atoms. The van der Waals surface area contributed by atoms with Crippen LogP contribution < -0.4 is 4.74 Å². The quantitative estimate of drug-likeness (QED) is 0.328. The van der Waals surface area contributed by atoms with Crippen molar-refractivity contribution in [2.45, 2.75) is 19.3 Å². The maximum absolute atomic E-state index is 12.1. The molecule has 0 aliphatic rings. The summed E-state index contributed by atoms with van der Waals surface area (Å²) >= 11 is 0. The maximum atomic E-state index is 12.1. The number of carbonyl (C=O) groups is 2. The van der Waals surface area contributed by atoms with Crippen LogP contribution in [0.5, 0.6) is 5.75 Å². The van der Waals surface area contributed by atoms with Crippen molar-refractivity contribution in [3.63, 3.8) is 0 Å². The van der Waals surface area contributed by atoms with Crippen molar-refractivity contribution in [2.24, 2.45) is 0 Å². The summed E-state index contributed by atoms with van der Waals surface area (Å²) in [5.41, 5.74) is 2.55. The molecule has 0 aliphatic carbocycles. The van der Waals surface area contributed by atoms with E-state index in [1.54, 1.807) is 24.3 Å². The SMILES string of the molecule is O=C(Cc1ccccc1)Oc1ccc(C(=O)OCCCc2ccccc2)cc1. The van der Waals surface area contributed by atoms with Crippen molar-refractivity contribution in [3.8, 4) is 5.75 Å². The molecule has 0 atom stereocenters. The van der Waals surface area contributed by atoms with Crippen LogP contribution in [0.4, 0.5) is 0 Å². The van der Waals surface area contributed by atoms with Crippen molar-refractivity contribution in [2.75, 3.05) is 6.61 Å². The Labute approximate surface area is 164 Å². The Kier molecular flexibility index (Phi) is 6.96. The number of hydrogen-bond donors (Lipinski definition) is 0. The van der Waals surface area contributed by atoms with E-state index in [-0.39, 0.29) is 18.4 Å². The van der Waals surface area contributed by atoms with E-state index in [2.05, 4.69) is 12.1 Å². The third-order valence-electron chi connectivity index (χ3n) is 4.20. The molecule has 0 spiro atoms. The van der Waals surface area contributed by atoms with E-state index in [9.17, 15) is 9.59 Å². The van der Waals surface area contributed by atoms with E-state index in [0.29, 0.717) is 17.9 Å². The van der Waals surface area contributed by atoms with E-state index in [1.165, 1.54) is 5.56 Å². The van der Waals surface area contributed by atoms with Gasteiger partial charge in [0.25, 0.3) is 0 Å². The topological polar surface area (TPSA) is 52.6 Å². The van der Waals surface area contributed by atoms with Crippen molar-refractivity contribution in [1.82, 2.24) is 0 Å². The van der Waals surface area contributed by atoms with E-state index in [1.807, 2.05) is 48.5 Å². The summed E-state index contributed by atoms with van der Waals surface area (Å²) in [5.74, 6) is -0.320. The molecule has 3 aromatic carbocycles. The van der Waals surface area contributed by atoms with Gasteiger partial charge in [-0.3, -0.25) is 4.79 Å². The summed E-state index contributed by atoms with van der Waals surface area (Å²) in [4.78, 5) is 24.1. The van der Waals surface area contributed by atoms with Crippen molar-refractivity contribution < 1.29 is 19.1 Å². The minimum absolute atomic E-state index is 0.200. The van der Waals surface area contributed by atoms with Crippen LogP contribution in [0, 0.1) is 0 Å². The molecule has 0 saturated heterocycles. The molecule has 0 radical (unpaired) electrons. The normalized spacial score (nSPS) is 10.3. The van der Waals surface area contributed by atoms with E-state index in [0.717, 1.165) is 18.4 Å². The molecule has 142 valence electrons. The van der Waals surface area contributed by atoms with Crippen LogP contribution in [0.3, 0.4) is 0 Å². The van der Waals surface area contributed by atoms with Crippen LogP contribution in [0.1, 0.15) is 27.9 Å². The molecular weight excluding hydrogens is 352 g/mol. The van der Waals surface area contributed by atoms with Crippen molar-refractivity contribution in [1.29, 1.82) is 0 Å². The first kappa shape index (κ1) is 19.4. The summed E-state index contributed by atoms with van der Waals surface area (Å²) < 4.78 is 10.6. The molecule has 28 heavy (non-hydrogen) atoms. The highest BCUT2D eigenvalue weighted by atomic mass is 16.5. The molecule has 3 rings (SSSR count). The van der Waals surface area contributed by atoms with Crippen molar-refractivity contribution >= 4 is 11.9 Å². The lowest BCUT2D eigenvalue weighted by Crippen LogP contribution is -2.11. The van der Waals surface area contributed by atoms with Gasteiger partial charge in [0.2, 0.25) is 0 Å². The number of esters is 2. The fourth-order valence-electron chi connectivity index (χ4n) is 2.76. The van der Waals surface area contributed by atoms with E-state index in [4.69, 9.17) is 9.47 Å². The second kappa shape index (κ2) is 10.1. The molecule has 3 aromatic rings. The highest BCUT2D eigenvalue weighted by molar-refractivity contribution is 5.89. The van der Waals surface area contributed by atoms with Gasteiger partial charge in [-0.1, -0.05) is 60.7 Å². The lowest BCUT2D eigenvalue weighted by atomic mass is 10.1. The van der Waals surface area contributed by atoms with Gasteiger partial charge in [0.05, 0.1) is 18.6 Å². The summed E-state index contributed by atoms with van der Waals surface area (Å²) in [6.45, 7) is 0.363. The van der Waals surface area contributed by atoms with Gasteiger partial charge in [-0.25, -0.2) is 4.79 Å². The second-order valence-electron chi connectivity index (χ2n) is 6.39. The maximum Gasteiger partial charge on any atom is 0.338 e. The largest absolute Gasteiger partial charge is 0.462 e. The molecule has 0 heterocycles. The van der Waals surface area contributed by atoms with Crippen LogP contribution in [-0.2, 0) is 22.4 Å². The molecule has 0 aromatic heterocycles. The number of benzene rings is 3. The Bertz CT molecular complexity index is 887. The van der Waals surface area contributed by atoms with Gasteiger partial charge >= 0.3 is 11.9 Å². The average molecular weight is 374 g/mol. The Balaban J connectivity index is 1.42. The lowest BCUT2D eigenvalue weighted by molar-refractivity contribution is -0.133. The van der Waals surface area contributed by atoms with Crippen LogP contribution in [-0.4, -0.2) is 18.5 Å². The number of aryl methyl sites for hydroxylation is 1. The van der Waals surface area contributed by atoms with E-state index < -0.39 is 0 Å². The van der Waals surface area contributed by atoms with Crippen LogP contribution in [0.25, 0.3) is 0 Å². The van der Waals surface area contributed by atoms with Gasteiger partial charge in [0.1, 0.15) is 5.75 Å². The Morgan fingerprint density at radius 2 is 1.32 bits per heavy atom. The highest BCUT2D eigenvalue weighted by Gasteiger charge is 2.10. The number of carbonyl (C=O) groups excluding carboxylic acids is 2. The minimum Gasteiger partial charge on any atom is -0.462 e. The Hall–Kier alpha value is -3.40. The molecule has 0 amide bonds. The standard InChI is InChI=1S/C24H22O4/c25-23(18-20-10-5-2-6-11-20)28-22-15-13-21(14-16-22)24(26)27-17-7-12-19-8-3-1-4-9-19/h1-6,8-11,13-16H,7,12,17-18H2. The highest BCUT2D eigenvalue weighted by Crippen LogP contribution is 2.14. The molecule has 0 aliphatic heterocycles. The van der Waals surface area contributed by atoms with Crippen LogP contribution >= 0.6 is 0 Å². The third kappa shape index (κ3) is 6.09. The zero-order valence-corrected chi connectivity index (χ0v) is 15.5. The second-order valence-corrected chi connectivity index (χ2v) is 6.39. The number of ether oxygens (including phenoxy) is 2. The van der Waals surface area contributed by atoms with Gasteiger partial charge in [-0.2, -0.15) is 0 Å². The van der Waals surface area contributed by atoms with Gasteiger partial charge in [-0.05, 0) is 48.2 Å². The van der Waals surface area contributed by atoms with Gasteiger partial charge in [-0.15, -0.1) is 0 Å². The summed E-state index contributed by atoms with van der Waals surface area (Å²) in [5, 5.41) is 0. The van der Waals surface area contributed by atoms with Crippen molar-refractivity contribution in [3.05, 3.63) is 102 Å². The summed E-state index contributed by atoms with van der Waals surface area (Å²) in [6.07, 6.45) is 1.83. The fraction of sp³-hybridized carbons (Fsp3) is 0.167. The molecule has 0 unspecified atom stereocenters. The summed E-state index contributed by atoms with van der Waals surface area (Å²) in [7, 11) is 0. The molecule has 0 fully saturated rings. The van der Waals surface area contributed by atoms with Crippen LogP contribution in [0.2, 0.25) is 0 Å². The van der Waals surface area contributed by atoms with E-state index >= 15 is 0 Å². The zero-order chi connectivity index (χ0) is 19.6. The lowest BCUT2D eigenvalue weighted by Gasteiger charge is -2.07. The van der Waals surface area contributed by atoms with Gasteiger partial charge in [0, 0.05) is 0 Å². The first-order valence-corrected chi connectivity index (χ1v) is 9.26. The molecule has 4 heteroatoms. The number of hydrogen-bond acceptors (Lipinski definition) is 4. The zero-order valence-electron chi connectivity index (χ0n) is 15.5. The van der Waals surface area contributed by atoms with Gasteiger partial charge < -0.3 is 9.47 Å². The molecular formula is C24H22O4. The fourth-order valence-corrected chi connectivity index (χ4v) is 2.76. The first-order chi connectivity index (χ1) is 13.7. The molecule has 0 N–H and O–H groups in total. The molecule has 4 nitrogen and oxygen atoms in total. The number of rotatable bonds is 8. The third-order valence-corrected chi connectivity index (χ3v) is 4.20. The smallest absolute Gasteiger partial charge is 0.338 e. The predicted octanol–water partition coefficient (Wildman–Crippen LogP) is 4.62. The monoisotopic (exact) mass is 374 g/mol. The molecule has 0 saturated carbocycles. The predicted molar refractivity (Wildman–Crippen MR) is 107 cm³/mol. The Morgan fingerprint density at radius 3 is 1.96 bits per heavy atom. The average Bonchev–Trinajstić information content (AvgIpc) is 2.73. The summed E-state index contributed by atoms with van der Waals surface area (Å²) in [6, 6.07) is 25.9. The Morgan fingerprint density at radius 1 is 0.714 bits per heavy atom.